The predicted octanol–water partition coefficient (Wildman–Crippen LogP) is 2.27. The van der Waals surface area contributed by atoms with Crippen molar-refractivity contribution in [3.05, 3.63) is 29.8 Å². The molecule has 0 aromatic heterocycles. The molecule has 0 spiro atoms. The summed E-state index contributed by atoms with van der Waals surface area (Å²) in [5, 5.41) is 0.935. The Balaban J connectivity index is 1.89. The lowest BCUT2D eigenvalue weighted by atomic mass is 10.1. The topological polar surface area (TPSA) is 9.72 Å². The fourth-order valence-corrected chi connectivity index (χ4v) is 2.96. The highest BCUT2D eigenvalue weighted by molar-refractivity contribution is 9.08. The number of benzene rings is 1. The van der Waals surface area contributed by atoms with E-state index in [9.17, 15) is 0 Å². The summed E-state index contributed by atoms with van der Waals surface area (Å²) in [4.78, 5) is 7.34. The molecule has 1 saturated heterocycles. The number of piperazine rings is 1. The molecule has 3 nitrogen and oxygen atoms in total. The predicted molar refractivity (Wildman–Crippen MR) is 86.3 cm³/mol. The van der Waals surface area contributed by atoms with E-state index in [0.717, 1.165) is 25.0 Å². The number of para-hydroxylation sites is 1. The molecule has 1 aromatic carbocycles. The van der Waals surface area contributed by atoms with Crippen molar-refractivity contribution in [1.29, 1.82) is 0 Å². The lowest BCUT2D eigenvalue weighted by molar-refractivity contribution is 0.229. The maximum absolute atomic E-state index is 3.59. The Kier molecular flexibility index (Phi) is 5.67. The minimum Gasteiger partial charge on any atom is -0.369 e. The van der Waals surface area contributed by atoms with Gasteiger partial charge < -0.3 is 9.80 Å². The number of hydrogen-bond donors (Lipinski definition) is 0. The van der Waals surface area contributed by atoms with E-state index in [4.69, 9.17) is 0 Å². The van der Waals surface area contributed by atoms with Gasteiger partial charge in [0.15, 0.2) is 0 Å². The average Bonchev–Trinajstić information content (AvgIpc) is 2.45. The Bertz CT molecular complexity index is 387. The molecule has 1 heterocycles. The van der Waals surface area contributed by atoms with Crippen molar-refractivity contribution < 1.29 is 0 Å². The van der Waals surface area contributed by atoms with Crippen LogP contribution in [0.3, 0.4) is 0 Å². The Morgan fingerprint density at radius 1 is 1.11 bits per heavy atom. The van der Waals surface area contributed by atoms with E-state index in [1.54, 1.807) is 0 Å². The first-order chi connectivity index (χ1) is 9.20. The monoisotopic (exact) mass is 325 g/mol. The van der Waals surface area contributed by atoms with Gasteiger partial charge in [-0.05, 0) is 25.7 Å². The Labute approximate surface area is 125 Å². The van der Waals surface area contributed by atoms with Gasteiger partial charge in [0.1, 0.15) is 0 Å². The van der Waals surface area contributed by atoms with Crippen molar-refractivity contribution in [1.82, 2.24) is 9.80 Å². The fourth-order valence-electron chi connectivity index (χ4n) is 2.49. The number of alkyl halides is 1. The van der Waals surface area contributed by atoms with E-state index in [0.29, 0.717) is 0 Å². The van der Waals surface area contributed by atoms with Crippen LogP contribution in [0.15, 0.2) is 24.3 Å². The molecular weight excluding hydrogens is 302 g/mol. The van der Waals surface area contributed by atoms with E-state index in [2.05, 4.69) is 69.0 Å². The molecule has 0 bridgehead atoms. The molecule has 4 heteroatoms. The maximum Gasteiger partial charge on any atom is 0.0408 e. The number of nitrogens with zero attached hydrogens (tertiary/aromatic N) is 3. The van der Waals surface area contributed by atoms with Crippen LogP contribution in [0.1, 0.15) is 5.56 Å². The Morgan fingerprint density at radius 2 is 1.79 bits per heavy atom. The third kappa shape index (κ3) is 4.20. The smallest absolute Gasteiger partial charge is 0.0408 e. The van der Waals surface area contributed by atoms with Crippen molar-refractivity contribution >= 4 is 21.6 Å². The van der Waals surface area contributed by atoms with Crippen LogP contribution < -0.4 is 4.90 Å². The molecule has 0 unspecified atom stereocenters. The SMILES string of the molecule is CN(C)CCN1CCN(c2ccccc2CBr)CC1. The first-order valence-corrected chi connectivity index (χ1v) is 8.09. The zero-order valence-electron chi connectivity index (χ0n) is 12.0. The fraction of sp³-hybridized carbons (Fsp3) is 0.600. The molecule has 0 amide bonds. The van der Waals surface area contributed by atoms with Gasteiger partial charge in [-0.3, -0.25) is 4.90 Å². The minimum absolute atomic E-state index is 0.935. The second-order valence-corrected chi connectivity index (χ2v) is 5.96. The molecule has 106 valence electrons. The quantitative estimate of drug-likeness (QED) is 0.769. The van der Waals surface area contributed by atoms with Crippen LogP contribution in [0, 0.1) is 0 Å². The van der Waals surface area contributed by atoms with E-state index in [1.807, 2.05) is 0 Å². The van der Waals surface area contributed by atoms with Gasteiger partial charge in [0.25, 0.3) is 0 Å². The summed E-state index contributed by atoms with van der Waals surface area (Å²) >= 11 is 3.59. The maximum atomic E-state index is 3.59. The number of hydrogen-bond acceptors (Lipinski definition) is 3. The number of anilines is 1. The zero-order chi connectivity index (χ0) is 13.7. The van der Waals surface area contributed by atoms with Gasteiger partial charge in [-0.2, -0.15) is 0 Å². The summed E-state index contributed by atoms with van der Waals surface area (Å²) in [6, 6.07) is 8.71. The highest BCUT2D eigenvalue weighted by Gasteiger charge is 2.18. The van der Waals surface area contributed by atoms with Gasteiger partial charge in [-0.15, -0.1) is 0 Å². The Hall–Kier alpha value is -0.580. The van der Waals surface area contributed by atoms with Crippen LogP contribution in [0.2, 0.25) is 0 Å². The Morgan fingerprint density at radius 3 is 2.42 bits per heavy atom. The van der Waals surface area contributed by atoms with Crippen LogP contribution in [0.4, 0.5) is 5.69 Å². The van der Waals surface area contributed by atoms with Crippen molar-refractivity contribution in [2.24, 2.45) is 0 Å². The normalized spacial score (nSPS) is 17.2. The lowest BCUT2D eigenvalue weighted by Gasteiger charge is -2.37. The highest BCUT2D eigenvalue weighted by atomic mass is 79.9. The third-order valence-electron chi connectivity index (χ3n) is 3.71. The summed E-state index contributed by atoms with van der Waals surface area (Å²) in [6.07, 6.45) is 0. The van der Waals surface area contributed by atoms with Crippen molar-refractivity contribution in [2.45, 2.75) is 5.33 Å². The first kappa shape index (κ1) is 14.8. The van der Waals surface area contributed by atoms with Crippen LogP contribution in [0.5, 0.6) is 0 Å². The van der Waals surface area contributed by atoms with E-state index in [1.165, 1.54) is 30.9 Å². The van der Waals surface area contributed by atoms with Crippen molar-refractivity contribution in [3.63, 3.8) is 0 Å². The lowest BCUT2D eigenvalue weighted by Crippen LogP contribution is -2.48. The largest absolute Gasteiger partial charge is 0.369 e. The van der Waals surface area contributed by atoms with Crippen LogP contribution in [-0.4, -0.2) is 63.2 Å². The molecule has 1 aliphatic rings. The molecule has 0 atom stereocenters. The van der Waals surface area contributed by atoms with Gasteiger partial charge in [0.2, 0.25) is 0 Å². The van der Waals surface area contributed by atoms with Gasteiger partial charge in [0.05, 0.1) is 0 Å². The van der Waals surface area contributed by atoms with E-state index >= 15 is 0 Å². The molecule has 0 aliphatic carbocycles. The first-order valence-electron chi connectivity index (χ1n) is 6.96. The van der Waals surface area contributed by atoms with Crippen molar-refractivity contribution in [3.8, 4) is 0 Å². The molecule has 1 fully saturated rings. The summed E-state index contributed by atoms with van der Waals surface area (Å²) in [5.74, 6) is 0. The second kappa shape index (κ2) is 7.27. The summed E-state index contributed by atoms with van der Waals surface area (Å²) in [7, 11) is 4.28. The van der Waals surface area contributed by atoms with E-state index < -0.39 is 0 Å². The molecule has 2 rings (SSSR count). The van der Waals surface area contributed by atoms with Gasteiger partial charge in [-0.25, -0.2) is 0 Å². The minimum atomic E-state index is 0.935. The number of halogens is 1. The summed E-state index contributed by atoms with van der Waals surface area (Å²) in [6.45, 7) is 6.95. The van der Waals surface area contributed by atoms with Gasteiger partial charge in [-0.1, -0.05) is 34.1 Å². The molecule has 1 aliphatic heterocycles. The molecule has 0 saturated carbocycles. The molecule has 1 aromatic rings. The van der Waals surface area contributed by atoms with Gasteiger partial charge in [0, 0.05) is 50.3 Å². The average molecular weight is 326 g/mol. The third-order valence-corrected chi connectivity index (χ3v) is 4.32. The molecule has 0 N–H and O–H groups in total. The number of rotatable bonds is 5. The highest BCUT2D eigenvalue weighted by Crippen LogP contribution is 2.23. The van der Waals surface area contributed by atoms with Crippen LogP contribution in [0.25, 0.3) is 0 Å². The zero-order valence-corrected chi connectivity index (χ0v) is 13.6. The summed E-state index contributed by atoms with van der Waals surface area (Å²) in [5.41, 5.74) is 2.79. The molecular formula is C15H24BrN3. The molecule has 0 radical (unpaired) electrons. The van der Waals surface area contributed by atoms with E-state index in [-0.39, 0.29) is 0 Å². The number of likely N-dealkylation sites (N-methyl/N-ethyl adjacent to an activating group) is 1. The van der Waals surface area contributed by atoms with Crippen LogP contribution >= 0.6 is 15.9 Å². The molecule has 19 heavy (non-hydrogen) atoms. The van der Waals surface area contributed by atoms with Gasteiger partial charge >= 0.3 is 0 Å². The van der Waals surface area contributed by atoms with Crippen molar-refractivity contribution in [2.75, 3.05) is 58.3 Å². The standard InChI is InChI=1S/C15H24BrN3/c1-17(2)7-8-18-9-11-19(12-10-18)15-6-4-3-5-14(15)13-16/h3-6H,7-13H2,1-2H3. The second-order valence-electron chi connectivity index (χ2n) is 5.39. The van der Waals surface area contributed by atoms with Crippen LogP contribution in [-0.2, 0) is 5.33 Å². The summed E-state index contributed by atoms with van der Waals surface area (Å²) < 4.78 is 0.